The molecule has 1 fully saturated rings. The highest BCUT2D eigenvalue weighted by Crippen LogP contribution is 2.41. The van der Waals surface area contributed by atoms with Gasteiger partial charge in [0.15, 0.2) is 0 Å². The first kappa shape index (κ1) is 10.8. The summed E-state index contributed by atoms with van der Waals surface area (Å²) in [5.41, 5.74) is 0.818. The minimum absolute atomic E-state index is 0.254. The highest BCUT2D eigenvalue weighted by atomic mass is 16.2. The number of benzene rings is 1. The summed E-state index contributed by atoms with van der Waals surface area (Å²) in [6.07, 6.45) is 2.20. The zero-order chi connectivity index (χ0) is 12.6. The standard InChI is InChI=1S/C13H12N4O/c14-8-13(6-3-7-13)11(18)17-12-15-9-4-1-2-5-10(9)16-12/h1-2,4-5H,3,6-7H2,(H2,15,16,17,18). The molecule has 0 bridgehead atoms. The van der Waals surface area contributed by atoms with E-state index in [0.29, 0.717) is 18.8 Å². The number of nitrogens with one attached hydrogen (secondary N) is 2. The molecule has 0 aliphatic heterocycles. The fourth-order valence-electron chi connectivity index (χ4n) is 2.16. The normalized spacial score (nSPS) is 16.8. The smallest absolute Gasteiger partial charge is 0.247 e. The molecule has 1 aromatic carbocycles. The molecule has 1 heterocycles. The number of imidazole rings is 1. The van der Waals surface area contributed by atoms with Crippen LogP contribution in [0.3, 0.4) is 0 Å². The summed E-state index contributed by atoms with van der Waals surface area (Å²) in [7, 11) is 0. The van der Waals surface area contributed by atoms with Gasteiger partial charge < -0.3 is 4.98 Å². The molecule has 1 aliphatic rings. The number of hydrogen-bond acceptors (Lipinski definition) is 3. The Labute approximate surface area is 104 Å². The number of nitriles is 1. The zero-order valence-electron chi connectivity index (χ0n) is 9.73. The Hall–Kier alpha value is -2.35. The summed E-state index contributed by atoms with van der Waals surface area (Å²) >= 11 is 0. The predicted molar refractivity (Wildman–Crippen MR) is 66.6 cm³/mol. The third-order valence-electron chi connectivity index (χ3n) is 3.48. The molecule has 0 spiro atoms. The van der Waals surface area contributed by atoms with Crippen LogP contribution in [0.25, 0.3) is 11.0 Å². The van der Waals surface area contributed by atoms with Gasteiger partial charge in [-0.15, -0.1) is 0 Å². The lowest BCUT2D eigenvalue weighted by atomic mass is 9.69. The van der Waals surface area contributed by atoms with E-state index >= 15 is 0 Å². The van der Waals surface area contributed by atoms with Crippen LogP contribution < -0.4 is 5.32 Å². The molecule has 1 aromatic heterocycles. The van der Waals surface area contributed by atoms with Crippen LogP contribution in [-0.2, 0) is 4.79 Å². The Morgan fingerprint density at radius 2 is 2.22 bits per heavy atom. The number of carbonyl (C=O) groups is 1. The number of aromatic nitrogens is 2. The van der Waals surface area contributed by atoms with Crippen LogP contribution in [0.15, 0.2) is 24.3 Å². The number of aromatic amines is 1. The van der Waals surface area contributed by atoms with Gasteiger partial charge in [-0.05, 0) is 31.4 Å². The quantitative estimate of drug-likeness (QED) is 0.844. The number of amides is 1. The van der Waals surface area contributed by atoms with Gasteiger partial charge in [0, 0.05) is 0 Å². The lowest BCUT2D eigenvalue weighted by molar-refractivity contribution is -0.126. The molecule has 1 amide bonds. The van der Waals surface area contributed by atoms with Crippen molar-refractivity contribution in [1.82, 2.24) is 9.97 Å². The van der Waals surface area contributed by atoms with Crippen LogP contribution in [0.2, 0.25) is 0 Å². The van der Waals surface area contributed by atoms with Crippen LogP contribution in [-0.4, -0.2) is 15.9 Å². The van der Waals surface area contributed by atoms with E-state index in [4.69, 9.17) is 5.26 Å². The molecule has 18 heavy (non-hydrogen) atoms. The van der Waals surface area contributed by atoms with Crippen molar-refractivity contribution in [2.75, 3.05) is 5.32 Å². The Bertz CT molecular complexity index is 615. The maximum Gasteiger partial charge on any atom is 0.247 e. The molecule has 2 aromatic rings. The van der Waals surface area contributed by atoms with E-state index in [1.807, 2.05) is 24.3 Å². The first-order valence-corrected chi connectivity index (χ1v) is 5.91. The van der Waals surface area contributed by atoms with Crippen molar-refractivity contribution >= 4 is 22.9 Å². The highest BCUT2D eigenvalue weighted by Gasteiger charge is 2.44. The molecule has 5 heteroatoms. The van der Waals surface area contributed by atoms with E-state index < -0.39 is 5.41 Å². The molecular weight excluding hydrogens is 228 g/mol. The number of nitrogens with zero attached hydrogens (tertiary/aromatic N) is 2. The first-order valence-electron chi connectivity index (χ1n) is 5.91. The number of H-pyrrole nitrogens is 1. The second-order valence-electron chi connectivity index (χ2n) is 4.60. The molecule has 1 aliphatic carbocycles. The van der Waals surface area contributed by atoms with Crippen molar-refractivity contribution in [3.8, 4) is 6.07 Å². The van der Waals surface area contributed by atoms with E-state index in [1.165, 1.54) is 0 Å². The number of rotatable bonds is 2. The molecule has 0 saturated heterocycles. The lowest BCUT2D eigenvalue weighted by Gasteiger charge is -2.32. The summed E-state index contributed by atoms with van der Waals surface area (Å²) in [6, 6.07) is 9.66. The number of hydrogen-bond donors (Lipinski definition) is 2. The van der Waals surface area contributed by atoms with Crippen molar-refractivity contribution in [1.29, 1.82) is 5.26 Å². The van der Waals surface area contributed by atoms with Gasteiger partial charge in [-0.3, -0.25) is 10.1 Å². The second-order valence-corrected chi connectivity index (χ2v) is 4.60. The number of para-hydroxylation sites is 2. The second kappa shape index (κ2) is 3.84. The highest BCUT2D eigenvalue weighted by molar-refractivity contribution is 5.97. The Morgan fingerprint density at radius 3 is 2.83 bits per heavy atom. The van der Waals surface area contributed by atoms with Crippen molar-refractivity contribution in [2.45, 2.75) is 19.3 Å². The van der Waals surface area contributed by atoms with Crippen LogP contribution in [0.4, 0.5) is 5.95 Å². The first-order chi connectivity index (χ1) is 8.73. The Morgan fingerprint density at radius 1 is 1.44 bits per heavy atom. The molecule has 90 valence electrons. The van der Waals surface area contributed by atoms with Gasteiger partial charge in [0.2, 0.25) is 11.9 Å². The molecule has 5 nitrogen and oxygen atoms in total. The maximum absolute atomic E-state index is 12.0. The van der Waals surface area contributed by atoms with Crippen LogP contribution >= 0.6 is 0 Å². The minimum atomic E-state index is -0.848. The van der Waals surface area contributed by atoms with Crippen LogP contribution in [0.1, 0.15) is 19.3 Å². The Kier molecular flexibility index (Phi) is 2.30. The van der Waals surface area contributed by atoms with Gasteiger partial charge in [-0.1, -0.05) is 12.1 Å². The van der Waals surface area contributed by atoms with Gasteiger partial charge in [0.1, 0.15) is 5.41 Å². The van der Waals surface area contributed by atoms with Gasteiger partial charge in [0.25, 0.3) is 0 Å². The molecule has 0 radical (unpaired) electrons. The van der Waals surface area contributed by atoms with E-state index in [1.54, 1.807) is 0 Å². The molecule has 0 unspecified atom stereocenters. The topological polar surface area (TPSA) is 81.6 Å². The van der Waals surface area contributed by atoms with Crippen molar-refractivity contribution in [3.05, 3.63) is 24.3 Å². The van der Waals surface area contributed by atoms with Crippen LogP contribution in [0.5, 0.6) is 0 Å². The van der Waals surface area contributed by atoms with E-state index in [-0.39, 0.29) is 5.91 Å². The summed E-state index contributed by atoms with van der Waals surface area (Å²) in [5.74, 6) is 0.151. The third kappa shape index (κ3) is 1.54. The zero-order valence-corrected chi connectivity index (χ0v) is 9.73. The van der Waals surface area contributed by atoms with E-state index in [2.05, 4.69) is 21.4 Å². The van der Waals surface area contributed by atoms with Gasteiger partial charge >= 0.3 is 0 Å². The summed E-state index contributed by atoms with van der Waals surface area (Å²) < 4.78 is 0. The summed E-state index contributed by atoms with van der Waals surface area (Å²) in [4.78, 5) is 19.3. The van der Waals surface area contributed by atoms with Crippen LogP contribution in [0, 0.1) is 16.7 Å². The Balaban J connectivity index is 1.84. The molecule has 0 atom stereocenters. The number of fused-ring (bicyclic) bond motifs is 1. The molecular formula is C13H12N4O. The molecule has 2 N–H and O–H groups in total. The SMILES string of the molecule is N#CC1(C(=O)Nc2nc3ccccc3[nH]2)CCC1. The van der Waals surface area contributed by atoms with Crippen molar-refractivity contribution < 1.29 is 4.79 Å². The average Bonchev–Trinajstić information content (AvgIpc) is 2.70. The van der Waals surface area contributed by atoms with E-state index in [9.17, 15) is 4.79 Å². The number of anilines is 1. The maximum atomic E-state index is 12.0. The lowest BCUT2D eigenvalue weighted by Crippen LogP contribution is -2.40. The van der Waals surface area contributed by atoms with E-state index in [0.717, 1.165) is 17.5 Å². The molecule has 1 saturated carbocycles. The molecule has 3 rings (SSSR count). The average molecular weight is 240 g/mol. The summed E-state index contributed by atoms with van der Waals surface area (Å²) in [6.45, 7) is 0. The van der Waals surface area contributed by atoms with Crippen molar-refractivity contribution in [3.63, 3.8) is 0 Å². The number of carbonyl (C=O) groups excluding carboxylic acids is 1. The fraction of sp³-hybridized carbons (Fsp3) is 0.308. The minimum Gasteiger partial charge on any atom is -0.324 e. The fourth-order valence-corrected chi connectivity index (χ4v) is 2.16. The van der Waals surface area contributed by atoms with Gasteiger partial charge in [-0.2, -0.15) is 5.26 Å². The summed E-state index contributed by atoms with van der Waals surface area (Å²) in [5, 5.41) is 11.8. The van der Waals surface area contributed by atoms with Crippen molar-refractivity contribution in [2.24, 2.45) is 5.41 Å². The van der Waals surface area contributed by atoms with Gasteiger partial charge in [-0.25, -0.2) is 4.98 Å². The predicted octanol–water partition coefficient (Wildman–Crippen LogP) is 2.20. The third-order valence-corrected chi connectivity index (χ3v) is 3.48. The van der Waals surface area contributed by atoms with Gasteiger partial charge in [0.05, 0.1) is 17.1 Å². The largest absolute Gasteiger partial charge is 0.324 e. The monoisotopic (exact) mass is 240 g/mol.